The van der Waals surface area contributed by atoms with E-state index in [4.69, 9.17) is 5.73 Å². The van der Waals surface area contributed by atoms with Gasteiger partial charge in [0, 0.05) is 18.3 Å². The molecule has 1 aromatic rings. The summed E-state index contributed by atoms with van der Waals surface area (Å²) in [4.78, 5) is 2.39. The van der Waals surface area contributed by atoms with Crippen molar-refractivity contribution in [2.45, 2.75) is 51.5 Å². The second kappa shape index (κ2) is 7.63. The molecule has 2 atom stereocenters. The van der Waals surface area contributed by atoms with Gasteiger partial charge in [0.2, 0.25) is 0 Å². The Bertz CT molecular complexity index is 408. The number of hydrogen-bond acceptors (Lipinski definition) is 2. The van der Waals surface area contributed by atoms with Crippen LogP contribution < -0.4 is 10.6 Å². The van der Waals surface area contributed by atoms with Crippen LogP contribution in [0.25, 0.3) is 0 Å². The molecule has 1 aromatic carbocycles. The Morgan fingerprint density at radius 1 is 1.35 bits per heavy atom. The Morgan fingerprint density at radius 2 is 2.20 bits per heavy atom. The van der Waals surface area contributed by atoms with E-state index >= 15 is 0 Å². The molecule has 1 aliphatic rings. The fraction of sp³-hybridized carbons (Fsp3) is 0.647. The number of anilines is 1. The summed E-state index contributed by atoms with van der Waals surface area (Å²) >= 11 is 0. The zero-order valence-corrected chi connectivity index (χ0v) is 12.5. The molecular weight excluding hydrogens is 251 g/mol. The smallest absolute Gasteiger partial charge is 0.125 e. The first-order valence-electron chi connectivity index (χ1n) is 7.96. The number of rotatable bonds is 6. The standard InChI is InChI=1S/C17H27FN2/c1-2-14-6-3-8-16(12-14)20(11-5-10-19)17-9-4-7-15(18)13-17/h4,7,9,13-14,16H,2-3,5-6,8,10-12,19H2,1H3. The highest BCUT2D eigenvalue weighted by Crippen LogP contribution is 2.32. The second-order valence-corrected chi connectivity index (χ2v) is 5.91. The zero-order chi connectivity index (χ0) is 14.4. The average molecular weight is 278 g/mol. The number of nitrogens with two attached hydrogens (primary N) is 1. The summed E-state index contributed by atoms with van der Waals surface area (Å²) in [6.45, 7) is 3.90. The lowest BCUT2D eigenvalue weighted by atomic mass is 9.83. The van der Waals surface area contributed by atoms with Crippen LogP contribution in [0.1, 0.15) is 45.4 Å². The molecule has 0 spiro atoms. The summed E-state index contributed by atoms with van der Waals surface area (Å²) in [5.74, 6) is 0.672. The Labute approximate surface area is 122 Å². The highest BCUT2D eigenvalue weighted by Gasteiger charge is 2.26. The third-order valence-corrected chi connectivity index (χ3v) is 4.52. The van der Waals surface area contributed by atoms with E-state index < -0.39 is 0 Å². The maximum atomic E-state index is 13.5. The maximum absolute atomic E-state index is 13.5. The summed E-state index contributed by atoms with van der Waals surface area (Å²) in [5.41, 5.74) is 6.68. The summed E-state index contributed by atoms with van der Waals surface area (Å²) in [5, 5.41) is 0. The third-order valence-electron chi connectivity index (χ3n) is 4.52. The van der Waals surface area contributed by atoms with Gasteiger partial charge in [-0.25, -0.2) is 4.39 Å². The predicted octanol–water partition coefficient (Wildman–Crippen LogP) is 3.95. The van der Waals surface area contributed by atoms with Crippen molar-refractivity contribution in [3.8, 4) is 0 Å². The largest absolute Gasteiger partial charge is 0.368 e. The van der Waals surface area contributed by atoms with Gasteiger partial charge in [-0.3, -0.25) is 0 Å². The average Bonchev–Trinajstić information content (AvgIpc) is 2.48. The molecule has 2 rings (SSSR count). The molecule has 0 aliphatic heterocycles. The van der Waals surface area contributed by atoms with Gasteiger partial charge in [0.05, 0.1) is 0 Å². The molecule has 1 aliphatic carbocycles. The van der Waals surface area contributed by atoms with Crippen LogP contribution in [0.2, 0.25) is 0 Å². The molecule has 1 fully saturated rings. The topological polar surface area (TPSA) is 29.3 Å². The lowest BCUT2D eigenvalue weighted by Crippen LogP contribution is -2.40. The minimum absolute atomic E-state index is 0.150. The van der Waals surface area contributed by atoms with Crippen molar-refractivity contribution in [1.29, 1.82) is 0 Å². The minimum Gasteiger partial charge on any atom is -0.368 e. The van der Waals surface area contributed by atoms with Gasteiger partial charge in [-0.05, 0) is 49.9 Å². The summed E-state index contributed by atoms with van der Waals surface area (Å²) in [7, 11) is 0. The summed E-state index contributed by atoms with van der Waals surface area (Å²) < 4.78 is 13.5. The van der Waals surface area contributed by atoms with Crippen molar-refractivity contribution in [1.82, 2.24) is 0 Å². The molecule has 2 N–H and O–H groups in total. The first-order chi connectivity index (χ1) is 9.74. The van der Waals surface area contributed by atoms with E-state index in [2.05, 4.69) is 11.8 Å². The van der Waals surface area contributed by atoms with Gasteiger partial charge in [-0.15, -0.1) is 0 Å². The fourth-order valence-electron chi connectivity index (χ4n) is 3.36. The van der Waals surface area contributed by atoms with Gasteiger partial charge in [0.15, 0.2) is 0 Å². The molecule has 1 saturated carbocycles. The van der Waals surface area contributed by atoms with E-state index in [1.54, 1.807) is 12.1 Å². The Kier molecular flexibility index (Phi) is 5.84. The molecule has 20 heavy (non-hydrogen) atoms. The Hall–Kier alpha value is -1.09. The SMILES string of the molecule is CCC1CCCC(N(CCCN)c2cccc(F)c2)C1. The van der Waals surface area contributed by atoms with Crippen LogP contribution in [-0.2, 0) is 0 Å². The third kappa shape index (κ3) is 3.95. The van der Waals surface area contributed by atoms with Gasteiger partial charge in [-0.2, -0.15) is 0 Å². The predicted molar refractivity (Wildman–Crippen MR) is 83.5 cm³/mol. The van der Waals surface area contributed by atoms with E-state index in [1.165, 1.54) is 38.2 Å². The summed E-state index contributed by atoms with van der Waals surface area (Å²) in [6.07, 6.45) is 7.31. The second-order valence-electron chi connectivity index (χ2n) is 5.91. The van der Waals surface area contributed by atoms with E-state index in [-0.39, 0.29) is 5.82 Å². The van der Waals surface area contributed by atoms with Crippen LogP contribution >= 0.6 is 0 Å². The molecule has 2 unspecified atom stereocenters. The summed E-state index contributed by atoms with van der Waals surface area (Å²) in [6, 6.07) is 7.55. The molecule has 112 valence electrons. The zero-order valence-electron chi connectivity index (χ0n) is 12.5. The van der Waals surface area contributed by atoms with Gasteiger partial charge >= 0.3 is 0 Å². The number of halogens is 1. The van der Waals surface area contributed by atoms with Gasteiger partial charge in [0.25, 0.3) is 0 Å². The lowest BCUT2D eigenvalue weighted by Gasteiger charge is -2.39. The van der Waals surface area contributed by atoms with E-state index in [0.717, 1.165) is 24.6 Å². The van der Waals surface area contributed by atoms with Crippen molar-refractivity contribution in [2.24, 2.45) is 11.7 Å². The van der Waals surface area contributed by atoms with Gasteiger partial charge in [0.1, 0.15) is 5.82 Å². The quantitative estimate of drug-likeness (QED) is 0.853. The van der Waals surface area contributed by atoms with E-state index in [1.807, 2.05) is 6.07 Å². The maximum Gasteiger partial charge on any atom is 0.125 e. The normalized spacial score (nSPS) is 22.8. The van der Waals surface area contributed by atoms with Crippen molar-refractivity contribution in [3.05, 3.63) is 30.1 Å². The molecule has 0 aromatic heterocycles. The van der Waals surface area contributed by atoms with Crippen molar-refractivity contribution < 1.29 is 4.39 Å². The molecule has 0 radical (unpaired) electrons. The highest BCUT2D eigenvalue weighted by atomic mass is 19.1. The van der Waals surface area contributed by atoms with Gasteiger partial charge < -0.3 is 10.6 Å². The number of benzene rings is 1. The number of nitrogens with zero attached hydrogens (tertiary/aromatic N) is 1. The van der Waals surface area contributed by atoms with Crippen LogP contribution in [0.3, 0.4) is 0 Å². The van der Waals surface area contributed by atoms with E-state index in [9.17, 15) is 4.39 Å². The first-order valence-corrected chi connectivity index (χ1v) is 7.96. The first kappa shape index (κ1) is 15.3. The lowest BCUT2D eigenvalue weighted by molar-refractivity contribution is 0.302. The molecule has 2 nitrogen and oxygen atoms in total. The van der Waals surface area contributed by atoms with Gasteiger partial charge in [-0.1, -0.05) is 32.3 Å². The molecular formula is C17H27FN2. The van der Waals surface area contributed by atoms with Crippen LogP contribution in [0.15, 0.2) is 24.3 Å². The van der Waals surface area contributed by atoms with Crippen LogP contribution in [0, 0.1) is 11.7 Å². The highest BCUT2D eigenvalue weighted by molar-refractivity contribution is 5.47. The Morgan fingerprint density at radius 3 is 2.90 bits per heavy atom. The van der Waals surface area contributed by atoms with Crippen molar-refractivity contribution >= 4 is 5.69 Å². The van der Waals surface area contributed by atoms with Crippen molar-refractivity contribution in [3.63, 3.8) is 0 Å². The Balaban J connectivity index is 2.14. The molecule has 3 heteroatoms. The van der Waals surface area contributed by atoms with Crippen LogP contribution in [0.4, 0.5) is 10.1 Å². The monoisotopic (exact) mass is 278 g/mol. The fourth-order valence-corrected chi connectivity index (χ4v) is 3.36. The number of hydrogen-bond donors (Lipinski definition) is 1. The molecule has 0 amide bonds. The van der Waals surface area contributed by atoms with Crippen LogP contribution in [0.5, 0.6) is 0 Å². The molecule has 0 heterocycles. The molecule has 0 bridgehead atoms. The molecule has 0 saturated heterocycles. The minimum atomic E-state index is -0.150. The van der Waals surface area contributed by atoms with Crippen molar-refractivity contribution in [2.75, 3.05) is 18.0 Å². The van der Waals surface area contributed by atoms with E-state index in [0.29, 0.717) is 12.6 Å². The van der Waals surface area contributed by atoms with Crippen LogP contribution in [-0.4, -0.2) is 19.1 Å².